The molecule has 1 amide bonds. The first-order chi connectivity index (χ1) is 11.5. The van der Waals surface area contributed by atoms with Crippen LogP contribution in [0.4, 0.5) is 5.69 Å². The minimum absolute atomic E-state index is 0.130. The van der Waals surface area contributed by atoms with Gasteiger partial charge in [-0.1, -0.05) is 23.2 Å². The quantitative estimate of drug-likeness (QED) is 0.722. The van der Waals surface area contributed by atoms with E-state index in [9.17, 15) is 4.79 Å². The van der Waals surface area contributed by atoms with Gasteiger partial charge >= 0.3 is 0 Å². The van der Waals surface area contributed by atoms with Gasteiger partial charge in [0, 0.05) is 22.3 Å². The average molecular weight is 361 g/mol. The van der Waals surface area contributed by atoms with Crippen molar-refractivity contribution in [2.24, 2.45) is 0 Å². The molecule has 0 aliphatic rings. The standard InChI is InChI=1S/C18H14Cl2N2O2/c1-11-9-12(19)4-6-15(11)22-17(23)10-24-16-7-5-14(20)13-3-2-8-21-18(13)16/h2-9H,10H2,1H3,(H,22,23). The van der Waals surface area contributed by atoms with Gasteiger partial charge < -0.3 is 10.1 Å². The minimum atomic E-state index is -0.264. The van der Waals surface area contributed by atoms with E-state index in [-0.39, 0.29) is 12.5 Å². The minimum Gasteiger partial charge on any atom is -0.481 e. The van der Waals surface area contributed by atoms with Crippen LogP contribution in [0.3, 0.4) is 0 Å². The lowest BCUT2D eigenvalue weighted by atomic mass is 10.2. The first kappa shape index (κ1) is 16.6. The number of rotatable bonds is 4. The van der Waals surface area contributed by atoms with Gasteiger partial charge in [0.2, 0.25) is 0 Å². The highest BCUT2D eigenvalue weighted by molar-refractivity contribution is 6.35. The number of pyridine rings is 1. The van der Waals surface area contributed by atoms with Gasteiger partial charge in [-0.05, 0) is 55.0 Å². The lowest BCUT2D eigenvalue weighted by Gasteiger charge is -2.11. The third-order valence-corrected chi connectivity index (χ3v) is 4.07. The van der Waals surface area contributed by atoms with E-state index >= 15 is 0 Å². The van der Waals surface area contributed by atoms with Crippen molar-refractivity contribution < 1.29 is 9.53 Å². The van der Waals surface area contributed by atoms with Crippen molar-refractivity contribution in [2.75, 3.05) is 11.9 Å². The molecule has 0 saturated carbocycles. The molecule has 0 aliphatic carbocycles. The van der Waals surface area contributed by atoms with Crippen molar-refractivity contribution in [1.29, 1.82) is 0 Å². The van der Waals surface area contributed by atoms with E-state index < -0.39 is 0 Å². The number of carbonyl (C=O) groups excluding carboxylic acids is 1. The molecule has 24 heavy (non-hydrogen) atoms. The summed E-state index contributed by atoms with van der Waals surface area (Å²) in [6.07, 6.45) is 1.66. The molecule has 0 aliphatic heterocycles. The molecule has 122 valence electrons. The number of anilines is 1. The first-order valence-electron chi connectivity index (χ1n) is 7.26. The van der Waals surface area contributed by atoms with Crippen LogP contribution in [-0.4, -0.2) is 17.5 Å². The Bertz CT molecular complexity index is 913. The van der Waals surface area contributed by atoms with E-state index in [1.807, 2.05) is 13.0 Å². The van der Waals surface area contributed by atoms with Crippen LogP contribution in [0.5, 0.6) is 5.75 Å². The summed E-state index contributed by atoms with van der Waals surface area (Å²) < 4.78 is 5.61. The Morgan fingerprint density at radius 2 is 2.04 bits per heavy atom. The van der Waals surface area contributed by atoms with Gasteiger partial charge in [0.25, 0.3) is 5.91 Å². The zero-order valence-electron chi connectivity index (χ0n) is 12.8. The average Bonchev–Trinajstić information content (AvgIpc) is 2.57. The number of nitrogens with one attached hydrogen (secondary N) is 1. The summed E-state index contributed by atoms with van der Waals surface area (Å²) in [5.41, 5.74) is 2.21. The number of aromatic nitrogens is 1. The monoisotopic (exact) mass is 360 g/mol. The fourth-order valence-electron chi connectivity index (χ4n) is 2.33. The van der Waals surface area contributed by atoms with E-state index in [0.717, 1.165) is 10.9 Å². The fourth-order valence-corrected chi connectivity index (χ4v) is 2.77. The highest BCUT2D eigenvalue weighted by Crippen LogP contribution is 2.29. The van der Waals surface area contributed by atoms with Crippen molar-refractivity contribution in [3.05, 3.63) is 64.3 Å². The number of amides is 1. The third-order valence-electron chi connectivity index (χ3n) is 3.50. The number of nitrogens with zero attached hydrogens (tertiary/aromatic N) is 1. The van der Waals surface area contributed by atoms with Crippen LogP contribution < -0.4 is 10.1 Å². The van der Waals surface area contributed by atoms with Gasteiger partial charge in [0.15, 0.2) is 6.61 Å². The van der Waals surface area contributed by atoms with Crippen LogP contribution in [0.1, 0.15) is 5.56 Å². The van der Waals surface area contributed by atoms with Gasteiger partial charge in [-0.25, -0.2) is 0 Å². The molecule has 0 atom stereocenters. The van der Waals surface area contributed by atoms with Crippen LogP contribution in [0.15, 0.2) is 48.7 Å². The number of hydrogen-bond acceptors (Lipinski definition) is 3. The molecule has 6 heteroatoms. The predicted molar refractivity (Wildman–Crippen MR) is 97.1 cm³/mol. The second kappa shape index (κ2) is 7.07. The number of carbonyl (C=O) groups is 1. The third kappa shape index (κ3) is 3.61. The summed E-state index contributed by atoms with van der Waals surface area (Å²) in [6, 6.07) is 12.4. The Morgan fingerprint density at radius 1 is 1.21 bits per heavy atom. The smallest absolute Gasteiger partial charge is 0.262 e. The molecule has 0 bridgehead atoms. The van der Waals surface area contributed by atoms with Gasteiger partial charge in [0.1, 0.15) is 11.3 Å². The summed E-state index contributed by atoms with van der Waals surface area (Å²) in [7, 11) is 0. The summed E-state index contributed by atoms with van der Waals surface area (Å²) in [5, 5.41) is 4.80. The van der Waals surface area contributed by atoms with Crippen molar-refractivity contribution in [1.82, 2.24) is 4.98 Å². The van der Waals surface area contributed by atoms with Crippen LogP contribution >= 0.6 is 23.2 Å². The second-order valence-corrected chi connectivity index (χ2v) is 6.08. The maximum atomic E-state index is 12.1. The Balaban J connectivity index is 1.72. The number of halogens is 2. The van der Waals surface area contributed by atoms with Gasteiger partial charge in [-0.15, -0.1) is 0 Å². The van der Waals surface area contributed by atoms with E-state index in [4.69, 9.17) is 27.9 Å². The highest BCUT2D eigenvalue weighted by atomic mass is 35.5. The molecule has 0 fully saturated rings. The molecule has 2 aromatic carbocycles. The molecule has 1 aromatic heterocycles. The topological polar surface area (TPSA) is 51.2 Å². The maximum Gasteiger partial charge on any atom is 0.262 e. The zero-order valence-corrected chi connectivity index (χ0v) is 14.4. The normalized spacial score (nSPS) is 10.6. The Labute approximate surface area is 149 Å². The number of ether oxygens (including phenoxy) is 1. The molecule has 0 spiro atoms. The summed E-state index contributed by atoms with van der Waals surface area (Å²) in [5.74, 6) is 0.248. The molecule has 0 saturated heterocycles. The fraction of sp³-hybridized carbons (Fsp3) is 0.111. The van der Waals surface area contributed by atoms with Crippen molar-refractivity contribution >= 4 is 45.7 Å². The van der Waals surface area contributed by atoms with E-state index in [2.05, 4.69) is 10.3 Å². The van der Waals surface area contributed by atoms with Crippen LogP contribution in [0, 0.1) is 6.92 Å². The number of aryl methyl sites for hydroxylation is 1. The molecule has 0 unspecified atom stereocenters. The van der Waals surface area contributed by atoms with Gasteiger partial charge in [0.05, 0.1) is 5.02 Å². The van der Waals surface area contributed by atoms with Crippen molar-refractivity contribution in [2.45, 2.75) is 6.92 Å². The molecule has 1 heterocycles. The maximum absolute atomic E-state index is 12.1. The van der Waals surface area contributed by atoms with Gasteiger partial charge in [-0.2, -0.15) is 0 Å². The molecule has 3 rings (SSSR count). The van der Waals surface area contributed by atoms with E-state index in [0.29, 0.717) is 27.0 Å². The zero-order chi connectivity index (χ0) is 17.1. The molecule has 1 N–H and O–H groups in total. The molecule has 3 aromatic rings. The molecular weight excluding hydrogens is 347 g/mol. The summed E-state index contributed by atoms with van der Waals surface area (Å²) >= 11 is 12.1. The van der Waals surface area contributed by atoms with Crippen LogP contribution in [0.25, 0.3) is 10.9 Å². The van der Waals surface area contributed by atoms with Crippen LogP contribution in [0.2, 0.25) is 10.0 Å². The van der Waals surface area contributed by atoms with E-state index in [1.165, 1.54) is 0 Å². The van der Waals surface area contributed by atoms with Crippen LogP contribution in [-0.2, 0) is 4.79 Å². The molecule has 4 nitrogen and oxygen atoms in total. The second-order valence-electron chi connectivity index (χ2n) is 5.24. The molecular formula is C18H14Cl2N2O2. The first-order valence-corrected chi connectivity index (χ1v) is 8.02. The summed E-state index contributed by atoms with van der Waals surface area (Å²) in [4.78, 5) is 16.4. The number of benzene rings is 2. The molecule has 0 radical (unpaired) electrons. The lowest BCUT2D eigenvalue weighted by molar-refractivity contribution is -0.118. The van der Waals surface area contributed by atoms with Gasteiger partial charge in [-0.3, -0.25) is 9.78 Å². The van der Waals surface area contributed by atoms with Crippen molar-refractivity contribution in [3.8, 4) is 5.75 Å². The number of hydrogen-bond donors (Lipinski definition) is 1. The Kier molecular flexibility index (Phi) is 4.88. The SMILES string of the molecule is Cc1cc(Cl)ccc1NC(=O)COc1ccc(Cl)c2cccnc12. The largest absolute Gasteiger partial charge is 0.481 e. The lowest BCUT2D eigenvalue weighted by Crippen LogP contribution is -2.20. The highest BCUT2D eigenvalue weighted by Gasteiger charge is 2.10. The predicted octanol–water partition coefficient (Wildman–Crippen LogP) is 4.87. The van der Waals surface area contributed by atoms with Crippen molar-refractivity contribution in [3.63, 3.8) is 0 Å². The number of fused-ring (bicyclic) bond motifs is 1. The van der Waals surface area contributed by atoms with E-state index in [1.54, 1.807) is 42.6 Å². The summed E-state index contributed by atoms with van der Waals surface area (Å²) in [6.45, 7) is 1.74. The Hall–Kier alpha value is -2.30. The Morgan fingerprint density at radius 3 is 2.83 bits per heavy atom.